The highest BCUT2D eigenvalue weighted by atomic mass is 16.2. The molecular weight excluding hydrogens is 250 g/mol. The molecule has 1 amide bonds. The molecule has 2 N–H and O–H groups in total. The van der Waals surface area contributed by atoms with E-state index in [4.69, 9.17) is 5.73 Å². The summed E-state index contributed by atoms with van der Waals surface area (Å²) in [6, 6.07) is 4.14. The number of hydrogen-bond donors (Lipinski definition) is 1. The van der Waals surface area contributed by atoms with Crippen LogP contribution in [0.15, 0.2) is 24.5 Å². The molecule has 0 saturated carbocycles. The first kappa shape index (κ1) is 15.0. The van der Waals surface area contributed by atoms with Crippen molar-refractivity contribution in [2.75, 3.05) is 13.1 Å². The molecule has 2 rings (SSSR count). The van der Waals surface area contributed by atoms with Crippen molar-refractivity contribution in [3.63, 3.8) is 0 Å². The van der Waals surface area contributed by atoms with Crippen molar-refractivity contribution in [3.8, 4) is 0 Å². The van der Waals surface area contributed by atoms with Crippen LogP contribution in [-0.2, 0) is 4.79 Å². The molecule has 1 aromatic rings. The largest absolute Gasteiger partial charge is 0.342 e. The second kappa shape index (κ2) is 6.84. The van der Waals surface area contributed by atoms with Crippen molar-refractivity contribution in [2.24, 2.45) is 11.7 Å². The lowest BCUT2D eigenvalue weighted by atomic mass is 9.91. The minimum absolute atomic E-state index is 0.170. The lowest BCUT2D eigenvalue weighted by Gasteiger charge is -2.35. The Hall–Kier alpha value is -1.42. The van der Waals surface area contributed by atoms with Crippen LogP contribution in [0.2, 0.25) is 0 Å². The van der Waals surface area contributed by atoms with Gasteiger partial charge in [0, 0.05) is 37.9 Å². The number of amides is 1. The second-order valence-corrected chi connectivity index (χ2v) is 5.99. The van der Waals surface area contributed by atoms with E-state index in [1.165, 1.54) is 5.56 Å². The third-order valence-electron chi connectivity index (χ3n) is 4.31. The summed E-state index contributed by atoms with van der Waals surface area (Å²) >= 11 is 0. The van der Waals surface area contributed by atoms with Crippen molar-refractivity contribution < 1.29 is 4.79 Å². The van der Waals surface area contributed by atoms with Crippen LogP contribution in [0.1, 0.15) is 44.6 Å². The maximum atomic E-state index is 12.4. The van der Waals surface area contributed by atoms with Crippen molar-refractivity contribution >= 4 is 5.91 Å². The summed E-state index contributed by atoms with van der Waals surface area (Å²) in [7, 11) is 0. The summed E-state index contributed by atoms with van der Waals surface area (Å²) in [5.41, 5.74) is 7.15. The predicted molar refractivity (Wildman–Crippen MR) is 80.2 cm³/mol. The number of rotatable bonds is 4. The molecule has 1 aromatic heterocycles. The van der Waals surface area contributed by atoms with Gasteiger partial charge in [-0.05, 0) is 49.3 Å². The van der Waals surface area contributed by atoms with Gasteiger partial charge in [0.05, 0.1) is 0 Å². The Labute approximate surface area is 121 Å². The van der Waals surface area contributed by atoms with E-state index in [1.54, 1.807) is 12.4 Å². The van der Waals surface area contributed by atoms with Crippen molar-refractivity contribution in [1.82, 2.24) is 9.88 Å². The van der Waals surface area contributed by atoms with Gasteiger partial charge in [-0.15, -0.1) is 0 Å². The molecule has 2 heterocycles. The van der Waals surface area contributed by atoms with E-state index in [1.807, 2.05) is 24.0 Å². The second-order valence-electron chi connectivity index (χ2n) is 5.99. The molecule has 4 nitrogen and oxygen atoms in total. The fourth-order valence-corrected chi connectivity index (χ4v) is 2.87. The number of aromatic nitrogens is 1. The molecule has 0 aromatic carbocycles. The molecule has 1 aliphatic heterocycles. The number of likely N-dealkylation sites (tertiary alicyclic amines) is 1. The number of piperidine rings is 1. The van der Waals surface area contributed by atoms with Crippen LogP contribution in [0.3, 0.4) is 0 Å². The number of pyridine rings is 1. The zero-order valence-electron chi connectivity index (χ0n) is 12.5. The van der Waals surface area contributed by atoms with Crippen molar-refractivity contribution in [1.29, 1.82) is 0 Å². The summed E-state index contributed by atoms with van der Waals surface area (Å²) < 4.78 is 0. The van der Waals surface area contributed by atoms with Crippen LogP contribution in [-0.4, -0.2) is 34.9 Å². The van der Waals surface area contributed by atoms with Gasteiger partial charge in [0.25, 0.3) is 0 Å². The van der Waals surface area contributed by atoms with Gasteiger partial charge >= 0.3 is 0 Å². The standard InChI is InChI=1S/C16H25N3O/c1-12(14-5-7-18-8-6-14)10-16(20)19-9-3-4-15(11-19)13(2)17/h5-8,12-13,15H,3-4,9-11,17H2,1-2H3/t12-,13+,15+/m1/s1. The average molecular weight is 275 g/mol. The molecule has 0 aliphatic carbocycles. The molecule has 4 heteroatoms. The summed E-state index contributed by atoms with van der Waals surface area (Å²) in [5, 5.41) is 0. The van der Waals surface area contributed by atoms with Gasteiger partial charge in [0.15, 0.2) is 0 Å². The smallest absolute Gasteiger partial charge is 0.223 e. The molecule has 1 saturated heterocycles. The predicted octanol–water partition coefficient (Wildman–Crippen LogP) is 2.16. The first-order valence-corrected chi connectivity index (χ1v) is 7.51. The third kappa shape index (κ3) is 3.79. The maximum Gasteiger partial charge on any atom is 0.223 e. The Morgan fingerprint density at radius 2 is 2.15 bits per heavy atom. The lowest BCUT2D eigenvalue weighted by Crippen LogP contribution is -2.45. The van der Waals surface area contributed by atoms with Gasteiger partial charge < -0.3 is 10.6 Å². The van der Waals surface area contributed by atoms with E-state index in [2.05, 4.69) is 11.9 Å². The zero-order chi connectivity index (χ0) is 14.5. The molecule has 0 bridgehead atoms. The summed E-state index contributed by atoms with van der Waals surface area (Å²) in [6.45, 7) is 5.84. The number of carbonyl (C=O) groups is 1. The number of nitrogens with zero attached hydrogens (tertiary/aromatic N) is 2. The van der Waals surface area contributed by atoms with Crippen LogP contribution in [0.4, 0.5) is 0 Å². The fourth-order valence-electron chi connectivity index (χ4n) is 2.87. The zero-order valence-corrected chi connectivity index (χ0v) is 12.5. The third-order valence-corrected chi connectivity index (χ3v) is 4.31. The quantitative estimate of drug-likeness (QED) is 0.916. The average Bonchev–Trinajstić information content (AvgIpc) is 2.48. The summed E-state index contributed by atoms with van der Waals surface area (Å²) in [4.78, 5) is 18.4. The Bertz CT molecular complexity index is 433. The van der Waals surface area contributed by atoms with Crippen LogP contribution in [0, 0.1) is 5.92 Å². The SMILES string of the molecule is C[C@H](CC(=O)N1CCC[C@H]([C@H](C)N)C1)c1ccncc1. The van der Waals surface area contributed by atoms with E-state index >= 15 is 0 Å². The molecule has 0 spiro atoms. The van der Waals surface area contributed by atoms with Crippen LogP contribution < -0.4 is 5.73 Å². The normalized spacial score (nSPS) is 22.4. The van der Waals surface area contributed by atoms with E-state index in [-0.39, 0.29) is 17.9 Å². The van der Waals surface area contributed by atoms with Crippen molar-refractivity contribution in [2.45, 2.75) is 45.1 Å². The van der Waals surface area contributed by atoms with E-state index < -0.39 is 0 Å². The topological polar surface area (TPSA) is 59.2 Å². The van der Waals surface area contributed by atoms with Gasteiger partial charge in [-0.3, -0.25) is 9.78 Å². The molecule has 1 aliphatic rings. The highest BCUT2D eigenvalue weighted by molar-refractivity contribution is 5.77. The first-order valence-electron chi connectivity index (χ1n) is 7.51. The van der Waals surface area contributed by atoms with E-state index in [0.29, 0.717) is 12.3 Å². The Morgan fingerprint density at radius 1 is 1.45 bits per heavy atom. The Kier molecular flexibility index (Phi) is 5.12. The van der Waals surface area contributed by atoms with Gasteiger partial charge in [0.1, 0.15) is 0 Å². The lowest BCUT2D eigenvalue weighted by molar-refractivity contribution is -0.133. The van der Waals surface area contributed by atoms with Crippen molar-refractivity contribution in [3.05, 3.63) is 30.1 Å². The Morgan fingerprint density at radius 3 is 2.80 bits per heavy atom. The van der Waals surface area contributed by atoms with Crippen LogP contribution in [0.25, 0.3) is 0 Å². The molecule has 0 unspecified atom stereocenters. The van der Waals surface area contributed by atoms with Crippen LogP contribution in [0.5, 0.6) is 0 Å². The van der Waals surface area contributed by atoms with E-state index in [0.717, 1.165) is 25.9 Å². The fraction of sp³-hybridized carbons (Fsp3) is 0.625. The van der Waals surface area contributed by atoms with Gasteiger partial charge in [-0.2, -0.15) is 0 Å². The monoisotopic (exact) mass is 275 g/mol. The molecule has 3 atom stereocenters. The van der Waals surface area contributed by atoms with Gasteiger partial charge in [0.2, 0.25) is 5.91 Å². The molecule has 20 heavy (non-hydrogen) atoms. The summed E-state index contributed by atoms with van der Waals surface area (Å²) in [5.74, 6) is 0.935. The van der Waals surface area contributed by atoms with Gasteiger partial charge in [-0.1, -0.05) is 6.92 Å². The number of nitrogens with two attached hydrogens (primary N) is 1. The highest BCUT2D eigenvalue weighted by Crippen LogP contribution is 2.23. The first-order chi connectivity index (χ1) is 9.58. The Balaban J connectivity index is 1.91. The highest BCUT2D eigenvalue weighted by Gasteiger charge is 2.26. The van der Waals surface area contributed by atoms with Crippen LogP contribution >= 0.6 is 0 Å². The molecular formula is C16H25N3O. The van der Waals surface area contributed by atoms with Gasteiger partial charge in [-0.25, -0.2) is 0 Å². The molecule has 110 valence electrons. The summed E-state index contributed by atoms with van der Waals surface area (Å²) in [6.07, 6.45) is 6.34. The number of hydrogen-bond acceptors (Lipinski definition) is 3. The molecule has 0 radical (unpaired) electrons. The number of carbonyl (C=O) groups excluding carboxylic acids is 1. The molecule has 1 fully saturated rings. The maximum absolute atomic E-state index is 12.4. The minimum atomic E-state index is 0.170. The van der Waals surface area contributed by atoms with E-state index in [9.17, 15) is 4.79 Å². The minimum Gasteiger partial charge on any atom is -0.342 e.